The molecule has 0 spiro atoms. The van der Waals surface area contributed by atoms with Crippen LogP contribution in [0.3, 0.4) is 0 Å². The number of hydrogen-bond acceptors (Lipinski definition) is 3. The highest BCUT2D eigenvalue weighted by Gasteiger charge is 2.26. The van der Waals surface area contributed by atoms with Crippen LogP contribution in [0.4, 0.5) is 0 Å². The Morgan fingerprint density at radius 2 is 2.31 bits per heavy atom. The molecular formula is C12H21N3O. The van der Waals surface area contributed by atoms with E-state index in [1.165, 1.54) is 0 Å². The van der Waals surface area contributed by atoms with Gasteiger partial charge < -0.3 is 10.6 Å². The largest absolute Gasteiger partial charge is 0.354 e. The highest BCUT2D eigenvalue weighted by molar-refractivity contribution is 5.78. The van der Waals surface area contributed by atoms with Gasteiger partial charge >= 0.3 is 0 Å². The van der Waals surface area contributed by atoms with E-state index in [1.807, 2.05) is 13.8 Å². The van der Waals surface area contributed by atoms with Crippen molar-refractivity contribution in [3.8, 4) is 6.07 Å². The third kappa shape index (κ3) is 3.82. The summed E-state index contributed by atoms with van der Waals surface area (Å²) in [5.41, 5.74) is -0.478. The second-order valence-electron chi connectivity index (χ2n) is 5.29. The quantitative estimate of drug-likeness (QED) is 0.751. The second-order valence-corrected chi connectivity index (χ2v) is 5.29. The van der Waals surface area contributed by atoms with E-state index < -0.39 is 5.41 Å². The fourth-order valence-electron chi connectivity index (χ4n) is 1.86. The van der Waals surface area contributed by atoms with Crippen molar-refractivity contribution in [3.63, 3.8) is 0 Å². The predicted octanol–water partition coefficient (Wildman–Crippen LogP) is 1.04. The summed E-state index contributed by atoms with van der Waals surface area (Å²) in [6.07, 6.45) is 1.78. The fourth-order valence-corrected chi connectivity index (χ4v) is 1.86. The van der Waals surface area contributed by atoms with Crippen LogP contribution in [0.15, 0.2) is 0 Å². The first-order valence-electron chi connectivity index (χ1n) is 5.87. The summed E-state index contributed by atoms with van der Waals surface area (Å²) in [5.74, 6) is 0.197. The van der Waals surface area contributed by atoms with Gasteiger partial charge in [-0.15, -0.1) is 0 Å². The molecule has 0 bridgehead atoms. The van der Waals surface area contributed by atoms with Crippen molar-refractivity contribution in [2.75, 3.05) is 13.1 Å². The van der Waals surface area contributed by atoms with Gasteiger partial charge in [-0.2, -0.15) is 5.26 Å². The molecule has 1 aliphatic heterocycles. The topological polar surface area (TPSA) is 64.9 Å². The van der Waals surface area contributed by atoms with Crippen LogP contribution < -0.4 is 10.6 Å². The molecule has 1 rings (SSSR count). The smallest absolute Gasteiger partial charge is 0.223 e. The van der Waals surface area contributed by atoms with Crippen molar-refractivity contribution in [1.82, 2.24) is 10.6 Å². The van der Waals surface area contributed by atoms with Gasteiger partial charge in [0.15, 0.2) is 0 Å². The Kier molecular flexibility index (Phi) is 4.31. The zero-order valence-corrected chi connectivity index (χ0v) is 10.3. The molecule has 0 aliphatic carbocycles. The normalized spacial score (nSPS) is 25.9. The van der Waals surface area contributed by atoms with Gasteiger partial charge in [0.1, 0.15) is 0 Å². The first-order chi connectivity index (χ1) is 7.44. The summed E-state index contributed by atoms with van der Waals surface area (Å²) in [4.78, 5) is 11.9. The zero-order valence-electron chi connectivity index (χ0n) is 10.3. The Balaban J connectivity index is 2.38. The molecule has 0 aromatic carbocycles. The van der Waals surface area contributed by atoms with E-state index in [1.54, 1.807) is 0 Å². The average Bonchev–Trinajstić information content (AvgIpc) is 2.26. The van der Waals surface area contributed by atoms with E-state index in [0.717, 1.165) is 19.4 Å². The number of hydrogen-bond donors (Lipinski definition) is 2. The lowest BCUT2D eigenvalue weighted by Gasteiger charge is -2.28. The Morgan fingerprint density at radius 3 is 2.88 bits per heavy atom. The van der Waals surface area contributed by atoms with Gasteiger partial charge in [-0.25, -0.2) is 0 Å². The predicted molar refractivity (Wildman–Crippen MR) is 62.6 cm³/mol. The number of carbonyl (C=O) groups is 1. The molecule has 2 atom stereocenters. The number of nitriles is 1. The van der Waals surface area contributed by atoms with Crippen molar-refractivity contribution in [1.29, 1.82) is 5.26 Å². The van der Waals surface area contributed by atoms with Gasteiger partial charge in [-0.05, 0) is 40.2 Å². The highest BCUT2D eigenvalue weighted by Crippen LogP contribution is 2.17. The molecule has 4 nitrogen and oxygen atoms in total. The van der Waals surface area contributed by atoms with E-state index >= 15 is 0 Å². The third-order valence-electron chi connectivity index (χ3n) is 3.00. The summed E-state index contributed by atoms with van der Waals surface area (Å²) in [7, 11) is 0. The molecule has 0 saturated carbocycles. The molecule has 0 radical (unpaired) electrons. The molecule has 1 heterocycles. The summed E-state index contributed by atoms with van der Waals surface area (Å²) >= 11 is 0. The van der Waals surface area contributed by atoms with Crippen molar-refractivity contribution in [2.24, 2.45) is 11.3 Å². The minimum atomic E-state index is -0.478. The van der Waals surface area contributed by atoms with Gasteiger partial charge in [-0.1, -0.05) is 0 Å². The van der Waals surface area contributed by atoms with Crippen molar-refractivity contribution >= 4 is 5.91 Å². The second kappa shape index (κ2) is 5.31. The number of amides is 1. The molecule has 1 saturated heterocycles. The van der Waals surface area contributed by atoms with Crippen LogP contribution in [-0.4, -0.2) is 25.0 Å². The molecule has 4 heteroatoms. The molecule has 1 aliphatic rings. The Morgan fingerprint density at radius 1 is 1.62 bits per heavy atom. The van der Waals surface area contributed by atoms with E-state index in [-0.39, 0.29) is 11.8 Å². The van der Waals surface area contributed by atoms with E-state index in [2.05, 4.69) is 23.6 Å². The number of nitrogens with zero attached hydrogens (tertiary/aromatic N) is 1. The molecule has 1 amide bonds. The van der Waals surface area contributed by atoms with Crippen LogP contribution in [0.1, 0.15) is 33.6 Å². The van der Waals surface area contributed by atoms with Gasteiger partial charge in [0.2, 0.25) is 5.91 Å². The Labute approximate surface area is 97.4 Å². The van der Waals surface area contributed by atoms with E-state index in [0.29, 0.717) is 12.6 Å². The zero-order chi connectivity index (χ0) is 12.2. The molecule has 90 valence electrons. The standard InChI is InChI=1S/C12H21N3O/c1-9-6-10(4-5-14-9)11(16)15-8-12(2,3)7-13/h9-10,14H,4-6,8H2,1-3H3,(H,15,16). The van der Waals surface area contributed by atoms with Crippen molar-refractivity contribution < 1.29 is 4.79 Å². The van der Waals surface area contributed by atoms with Crippen molar-refractivity contribution in [3.05, 3.63) is 0 Å². The summed E-state index contributed by atoms with van der Waals surface area (Å²) in [6, 6.07) is 2.59. The van der Waals surface area contributed by atoms with Gasteiger partial charge in [-0.3, -0.25) is 4.79 Å². The van der Waals surface area contributed by atoms with Crippen LogP contribution >= 0.6 is 0 Å². The lowest BCUT2D eigenvalue weighted by atomic mass is 9.91. The van der Waals surface area contributed by atoms with Gasteiger partial charge in [0, 0.05) is 18.5 Å². The monoisotopic (exact) mass is 223 g/mol. The minimum absolute atomic E-state index is 0.0941. The molecular weight excluding hydrogens is 202 g/mol. The lowest BCUT2D eigenvalue weighted by molar-refractivity contribution is -0.126. The molecule has 2 unspecified atom stereocenters. The molecule has 2 N–H and O–H groups in total. The first kappa shape index (κ1) is 13.0. The maximum Gasteiger partial charge on any atom is 0.223 e. The molecule has 0 aromatic heterocycles. The van der Waals surface area contributed by atoms with Crippen LogP contribution in [0.2, 0.25) is 0 Å². The van der Waals surface area contributed by atoms with Gasteiger partial charge in [0.25, 0.3) is 0 Å². The SMILES string of the molecule is CC1CC(C(=O)NCC(C)(C)C#N)CCN1. The lowest BCUT2D eigenvalue weighted by Crippen LogP contribution is -2.44. The van der Waals surface area contributed by atoms with Gasteiger partial charge in [0.05, 0.1) is 11.5 Å². The maximum absolute atomic E-state index is 11.9. The number of piperidine rings is 1. The third-order valence-corrected chi connectivity index (χ3v) is 3.00. The Hall–Kier alpha value is -1.08. The molecule has 1 fully saturated rings. The Bertz CT molecular complexity index is 293. The van der Waals surface area contributed by atoms with E-state index in [4.69, 9.17) is 5.26 Å². The summed E-state index contributed by atoms with van der Waals surface area (Å²) in [5, 5.41) is 15.0. The first-order valence-corrected chi connectivity index (χ1v) is 5.87. The summed E-state index contributed by atoms with van der Waals surface area (Å²) in [6.45, 7) is 7.09. The van der Waals surface area contributed by atoms with Crippen LogP contribution in [0, 0.1) is 22.7 Å². The van der Waals surface area contributed by atoms with Crippen molar-refractivity contribution in [2.45, 2.75) is 39.7 Å². The van der Waals surface area contributed by atoms with Crippen LogP contribution in [0.5, 0.6) is 0 Å². The average molecular weight is 223 g/mol. The van der Waals surface area contributed by atoms with Crippen LogP contribution in [0.25, 0.3) is 0 Å². The van der Waals surface area contributed by atoms with Crippen LogP contribution in [-0.2, 0) is 4.79 Å². The highest BCUT2D eigenvalue weighted by atomic mass is 16.1. The molecule has 0 aromatic rings. The van der Waals surface area contributed by atoms with E-state index in [9.17, 15) is 4.79 Å². The molecule has 16 heavy (non-hydrogen) atoms. The number of rotatable bonds is 3. The fraction of sp³-hybridized carbons (Fsp3) is 0.833. The number of carbonyl (C=O) groups excluding carboxylic acids is 1. The number of nitrogens with one attached hydrogen (secondary N) is 2. The maximum atomic E-state index is 11.9. The minimum Gasteiger partial charge on any atom is -0.354 e. The summed E-state index contributed by atoms with van der Waals surface area (Å²) < 4.78 is 0.